The van der Waals surface area contributed by atoms with Crippen molar-refractivity contribution in [2.24, 2.45) is 16.8 Å². The Morgan fingerprint density at radius 3 is 2.29 bits per heavy atom. The van der Waals surface area contributed by atoms with E-state index in [4.69, 9.17) is 11.6 Å². The second-order valence-electron chi connectivity index (χ2n) is 8.86. The molecule has 0 spiro atoms. The van der Waals surface area contributed by atoms with Crippen LogP contribution in [0.1, 0.15) is 36.0 Å². The molecular weight excluding hydrogens is 493 g/mol. The Labute approximate surface area is 199 Å². The number of fused-ring (bicyclic) bond motifs is 2. The molecule has 6 nitrogen and oxygen atoms in total. The first-order valence-electron chi connectivity index (χ1n) is 10.6. The zero-order valence-electron chi connectivity index (χ0n) is 18.1. The molecule has 2 aromatic rings. The third-order valence-electron chi connectivity index (χ3n) is 6.54. The summed E-state index contributed by atoms with van der Waals surface area (Å²) in [5, 5.41) is 12.2. The van der Waals surface area contributed by atoms with Crippen LogP contribution in [0.2, 0.25) is 5.02 Å². The minimum Gasteiger partial charge on any atom is -0.384 e. The topological polar surface area (TPSA) is 95.8 Å². The molecule has 2 aliphatic carbocycles. The van der Waals surface area contributed by atoms with Gasteiger partial charge in [0.25, 0.3) is 5.91 Å². The van der Waals surface area contributed by atoms with Crippen molar-refractivity contribution in [3.05, 3.63) is 58.4 Å². The van der Waals surface area contributed by atoms with Gasteiger partial charge < -0.3 is 10.4 Å². The van der Waals surface area contributed by atoms with Crippen molar-refractivity contribution in [1.82, 2.24) is 0 Å². The maximum atomic E-state index is 13.6. The summed E-state index contributed by atoms with van der Waals surface area (Å²) in [5.41, 5.74) is -1.59. The Morgan fingerprint density at radius 2 is 1.74 bits per heavy atom. The number of aliphatic hydroxyl groups is 1. The Morgan fingerprint density at radius 1 is 1.15 bits per heavy atom. The summed E-state index contributed by atoms with van der Waals surface area (Å²) >= 11 is 6.22. The Hall–Kier alpha value is -2.43. The summed E-state index contributed by atoms with van der Waals surface area (Å²) in [5.74, 6) is -6.07. The van der Waals surface area contributed by atoms with Crippen LogP contribution in [-0.4, -0.2) is 43.5 Å². The highest BCUT2D eigenvalue weighted by Gasteiger charge is 2.53. The highest BCUT2D eigenvalue weighted by Crippen LogP contribution is 2.51. The number of rotatable bonds is 5. The van der Waals surface area contributed by atoms with E-state index in [9.17, 15) is 31.5 Å². The van der Waals surface area contributed by atoms with Gasteiger partial charge in [0, 0.05) is 36.6 Å². The maximum Gasteiger partial charge on any atom is 0.255 e. The van der Waals surface area contributed by atoms with Gasteiger partial charge in [0.2, 0.25) is 0 Å². The van der Waals surface area contributed by atoms with E-state index in [-0.39, 0.29) is 45.8 Å². The van der Waals surface area contributed by atoms with Crippen LogP contribution >= 0.6 is 11.6 Å². The number of benzene rings is 2. The zero-order valence-corrected chi connectivity index (χ0v) is 19.6. The van der Waals surface area contributed by atoms with E-state index >= 15 is 0 Å². The average molecular weight is 515 g/mol. The number of nitrogens with zero attached hydrogens (tertiary/aromatic N) is 1. The van der Waals surface area contributed by atoms with E-state index in [2.05, 4.69) is 10.3 Å². The van der Waals surface area contributed by atoms with E-state index in [0.717, 1.165) is 6.07 Å². The van der Waals surface area contributed by atoms with Crippen LogP contribution in [0.3, 0.4) is 0 Å². The predicted molar refractivity (Wildman–Crippen MR) is 122 cm³/mol. The van der Waals surface area contributed by atoms with Crippen LogP contribution in [-0.2, 0) is 9.84 Å². The average Bonchev–Trinajstić information content (AvgIpc) is 3.05. The quantitative estimate of drug-likeness (QED) is 0.456. The van der Waals surface area contributed by atoms with Crippen LogP contribution < -0.4 is 5.32 Å². The lowest BCUT2D eigenvalue weighted by Gasteiger charge is -2.38. The monoisotopic (exact) mass is 514 g/mol. The minimum atomic E-state index is -3.98. The van der Waals surface area contributed by atoms with Crippen molar-refractivity contribution in [2.75, 3.05) is 12.4 Å². The summed E-state index contributed by atoms with van der Waals surface area (Å²) in [6, 6.07) is 4.89. The van der Waals surface area contributed by atoms with E-state index < -0.39 is 44.0 Å². The lowest BCUT2D eigenvalue weighted by Crippen LogP contribution is -2.47. The van der Waals surface area contributed by atoms with Crippen LogP contribution in [0, 0.1) is 29.3 Å². The first-order chi connectivity index (χ1) is 15.9. The van der Waals surface area contributed by atoms with Crippen molar-refractivity contribution >= 4 is 39.2 Å². The fraction of sp³-hybridized carbons (Fsp3) is 0.391. The number of carbonyl (C=O) groups excluding carboxylic acids is 1. The summed E-state index contributed by atoms with van der Waals surface area (Å²) < 4.78 is 67.4. The van der Waals surface area contributed by atoms with E-state index in [1.165, 1.54) is 18.3 Å². The van der Waals surface area contributed by atoms with Gasteiger partial charge in [0.1, 0.15) is 0 Å². The van der Waals surface area contributed by atoms with Crippen LogP contribution in [0.5, 0.6) is 0 Å². The highest BCUT2D eigenvalue weighted by molar-refractivity contribution is 7.92. The molecule has 1 amide bonds. The third-order valence-corrected chi connectivity index (χ3v) is 9.42. The molecule has 0 radical (unpaired) electrons. The molecule has 2 N–H and O–H groups in total. The normalized spacial score (nSPS) is 26.7. The molecule has 1 unspecified atom stereocenters. The van der Waals surface area contributed by atoms with Crippen molar-refractivity contribution in [2.45, 2.75) is 41.4 Å². The van der Waals surface area contributed by atoms with Crippen LogP contribution in [0.25, 0.3) is 0 Å². The molecule has 2 aromatic carbocycles. The van der Waals surface area contributed by atoms with E-state index in [1.54, 1.807) is 7.05 Å². The fourth-order valence-electron chi connectivity index (χ4n) is 5.26. The third kappa shape index (κ3) is 4.46. The number of anilines is 1. The van der Waals surface area contributed by atoms with E-state index in [0.29, 0.717) is 25.0 Å². The second kappa shape index (κ2) is 8.98. The van der Waals surface area contributed by atoms with Crippen LogP contribution in [0.15, 0.2) is 40.2 Å². The molecule has 34 heavy (non-hydrogen) atoms. The minimum absolute atomic E-state index is 0.0641. The fourth-order valence-corrected chi connectivity index (χ4v) is 8.10. The predicted octanol–water partition coefficient (Wildman–Crippen LogP) is 4.40. The molecular formula is C23H22ClF3N2O4S. The first-order valence-corrected chi connectivity index (χ1v) is 12.5. The molecule has 2 saturated carbocycles. The van der Waals surface area contributed by atoms with Gasteiger partial charge in [-0.1, -0.05) is 11.6 Å². The van der Waals surface area contributed by atoms with Crippen molar-refractivity contribution in [3.63, 3.8) is 0 Å². The standard InChI is InChI=1S/C23H22ClF3N2O4S/c1-28-11-23(31)9-13-2-3-14(10-23)21(13)34(32,33)19-6-12(4-5-16(19)24)22(30)29-15-7-17(25)20(27)18(26)8-15/h4-8,11,13-14,21,31H,2-3,9-10H2,1H3,(H,29,30)/b28-11+/t13-,14?,21+,23+/m0/s1. The molecule has 0 aromatic heterocycles. The molecule has 2 bridgehead atoms. The Balaban J connectivity index is 1.63. The van der Waals surface area contributed by atoms with Gasteiger partial charge in [0.15, 0.2) is 27.3 Å². The van der Waals surface area contributed by atoms with Crippen molar-refractivity contribution < 1.29 is 31.5 Å². The van der Waals surface area contributed by atoms with Crippen LogP contribution in [0.4, 0.5) is 18.9 Å². The molecule has 0 heterocycles. The molecule has 2 aliphatic rings. The van der Waals surface area contributed by atoms with Gasteiger partial charge in [-0.05, 0) is 55.7 Å². The number of carbonyl (C=O) groups is 1. The lowest BCUT2D eigenvalue weighted by atomic mass is 9.78. The van der Waals surface area contributed by atoms with Crippen molar-refractivity contribution in [1.29, 1.82) is 0 Å². The van der Waals surface area contributed by atoms with Crippen molar-refractivity contribution in [3.8, 4) is 0 Å². The molecule has 2 fully saturated rings. The Kier molecular flexibility index (Phi) is 6.52. The summed E-state index contributed by atoms with van der Waals surface area (Å²) in [4.78, 5) is 16.3. The zero-order chi connectivity index (χ0) is 24.8. The molecule has 4 atom stereocenters. The summed E-state index contributed by atoms with van der Waals surface area (Å²) in [7, 11) is -2.43. The van der Waals surface area contributed by atoms with Gasteiger partial charge in [-0.15, -0.1) is 0 Å². The Bertz CT molecular complexity index is 1250. The summed E-state index contributed by atoms with van der Waals surface area (Å²) in [6.07, 6.45) is 3.23. The molecule has 0 saturated heterocycles. The van der Waals surface area contributed by atoms with Gasteiger partial charge in [-0.25, -0.2) is 21.6 Å². The number of hydrogen-bond acceptors (Lipinski definition) is 5. The lowest BCUT2D eigenvalue weighted by molar-refractivity contribution is 0.0478. The SMILES string of the molecule is C/N=C/[C@]1(O)CC2CC[C@@H](C1)[C@H]2S(=O)(=O)c1cc(C(=O)Nc2cc(F)c(F)c(F)c2)ccc1Cl. The number of halogens is 4. The van der Waals surface area contributed by atoms with Gasteiger partial charge in [0.05, 0.1) is 20.8 Å². The molecule has 0 aliphatic heterocycles. The maximum absolute atomic E-state index is 13.6. The first kappa shape index (κ1) is 24.7. The number of amides is 1. The molecule has 4 rings (SSSR count). The van der Waals surface area contributed by atoms with E-state index in [1.807, 2.05) is 0 Å². The number of sulfone groups is 1. The largest absolute Gasteiger partial charge is 0.384 e. The molecule has 182 valence electrons. The number of aliphatic imine (C=N–C) groups is 1. The van der Waals surface area contributed by atoms with Gasteiger partial charge >= 0.3 is 0 Å². The summed E-state index contributed by atoms with van der Waals surface area (Å²) in [6.45, 7) is 0. The smallest absolute Gasteiger partial charge is 0.255 e. The molecule has 11 heteroatoms. The van der Waals surface area contributed by atoms with Gasteiger partial charge in [-0.3, -0.25) is 9.79 Å². The highest BCUT2D eigenvalue weighted by atomic mass is 35.5. The second-order valence-corrected chi connectivity index (χ2v) is 11.3. The number of nitrogens with one attached hydrogen (secondary N) is 1. The number of hydrogen-bond donors (Lipinski definition) is 2. The van der Waals surface area contributed by atoms with Gasteiger partial charge in [-0.2, -0.15) is 0 Å².